The van der Waals surface area contributed by atoms with Gasteiger partial charge in [-0.3, -0.25) is 4.79 Å². The van der Waals surface area contributed by atoms with Crippen LogP contribution in [0.5, 0.6) is 0 Å². The summed E-state index contributed by atoms with van der Waals surface area (Å²) in [7, 11) is 0. The van der Waals surface area contributed by atoms with Crippen molar-refractivity contribution >= 4 is 22.4 Å². The zero-order valence-electron chi connectivity index (χ0n) is 14.1. The minimum Gasteiger partial charge on any atom is -0.377 e. The monoisotopic (exact) mass is 318 g/mol. The number of carbonyl (C=O) groups excluding carboxylic acids is 1. The number of ketones is 1. The average molecular weight is 318 g/mol. The second-order valence-corrected chi connectivity index (χ2v) is 6.79. The third-order valence-electron chi connectivity index (χ3n) is 4.97. The largest absolute Gasteiger partial charge is 0.377 e. The lowest BCUT2D eigenvalue weighted by atomic mass is 9.91. The molecular formula is C21H22N2O. The smallest absolute Gasteiger partial charge is 0.159 e. The highest BCUT2D eigenvalue weighted by molar-refractivity contribution is 5.95. The maximum Gasteiger partial charge on any atom is 0.159 e. The summed E-state index contributed by atoms with van der Waals surface area (Å²) in [5.41, 5.74) is 7.03. The fourth-order valence-corrected chi connectivity index (χ4v) is 3.75. The minimum absolute atomic E-state index is 0.101. The molecular weight excluding hydrogens is 296 g/mol. The number of anilines is 1. The summed E-state index contributed by atoms with van der Waals surface area (Å²) in [5.74, 6) is 0.101. The first kappa shape index (κ1) is 15.0. The summed E-state index contributed by atoms with van der Waals surface area (Å²) >= 11 is 0. The molecule has 0 spiro atoms. The zero-order valence-corrected chi connectivity index (χ0v) is 14.1. The Hall–Kier alpha value is -2.55. The van der Waals surface area contributed by atoms with Crippen LogP contribution < -0.4 is 5.32 Å². The zero-order chi connectivity index (χ0) is 16.7. The van der Waals surface area contributed by atoms with E-state index in [1.54, 1.807) is 6.92 Å². The van der Waals surface area contributed by atoms with Gasteiger partial charge in [0, 0.05) is 27.8 Å². The maximum atomic E-state index is 11.6. The summed E-state index contributed by atoms with van der Waals surface area (Å²) in [4.78, 5) is 15.2. The number of aromatic nitrogens is 1. The topological polar surface area (TPSA) is 44.9 Å². The van der Waals surface area contributed by atoms with E-state index in [0.717, 1.165) is 24.1 Å². The first-order valence-electron chi connectivity index (χ1n) is 8.60. The summed E-state index contributed by atoms with van der Waals surface area (Å²) in [5, 5.41) is 4.98. The lowest BCUT2D eigenvalue weighted by molar-refractivity contribution is 0.101. The maximum absolute atomic E-state index is 11.6. The Bertz CT molecular complexity index is 923. The molecule has 0 radical (unpaired) electrons. The van der Waals surface area contributed by atoms with Crippen LogP contribution in [0.2, 0.25) is 0 Å². The van der Waals surface area contributed by atoms with Gasteiger partial charge in [0.25, 0.3) is 0 Å². The number of fused-ring (bicyclic) bond motifs is 3. The number of rotatable bonds is 3. The van der Waals surface area contributed by atoms with Crippen LogP contribution in [0, 0.1) is 6.92 Å². The van der Waals surface area contributed by atoms with E-state index in [4.69, 9.17) is 0 Å². The standard InChI is InChI=1S/C21H22N2O/c1-13-9-10-19-18(11-13)17-7-4-8-20(21(17)23-19)22-16-6-3-5-15(12-16)14(2)24/h3,5-6,9-12,20,22-23H,4,7-8H2,1-2H3/t20-/m1/s1. The quantitative estimate of drug-likeness (QED) is 0.654. The molecule has 4 rings (SSSR count). The van der Waals surface area contributed by atoms with E-state index < -0.39 is 0 Å². The lowest BCUT2D eigenvalue weighted by Crippen LogP contribution is -2.17. The van der Waals surface area contributed by atoms with E-state index in [0.29, 0.717) is 0 Å². The van der Waals surface area contributed by atoms with Crippen LogP contribution in [0.3, 0.4) is 0 Å². The van der Waals surface area contributed by atoms with Crippen molar-refractivity contribution in [2.45, 2.75) is 39.2 Å². The molecule has 0 amide bonds. The van der Waals surface area contributed by atoms with Gasteiger partial charge in [-0.1, -0.05) is 23.8 Å². The van der Waals surface area contributed by atoms with Crippen LogP contribution in [-0.2, 0) is 6.42 Å². The van der Waals surface area contributed by atoms with Gasteiger partial charge in [-0.2, -0.15) is 0 Å². The average Bonchev–Trinajstić information content (AvgIpc) is 2.94. The molecule has 24 heavy (non-hydrogen) atoms. The molecule has 1 aromatic heterocycles. The van der Waals surface area contributed by atoms with Crippen LogP contribution in [0.25, 0.3) is 10.9 Å². The van der Waals surface area contributed by atoms with E-state index in [-0.39, 0.29) is 11.8 Å². The fourth-order valence-electron chi connectivity index (χ4n) is 3.75. The normalized spacial score (nSPS) is 16.8. The Morgan fingerprint density at radius 3 is 2.92 bits per heavy atom. The molecule has 1 heterocycles. The number of H-pyrrole nitrogens is 1. The molecule has 1 aliphatic carbocycles. The second-order valence-electron chi connectivity index (χ2n) is 6.79. The Labute approximate surface area is 142 Å². The molecule has 0 fully saturated rings. The van der Waals surface area contributed by atoms with Crippen LogP contribution in [-0.4, -0.2) is 10.8 Å². The Morgan fingerprint density at radius 1 is 1.21 bits per heavy atom. The summed E-state index contributed by atoms with van der Waals surface area (Å²) < 4.78 is 0. The first-order valence-corrected chi connectivity index (χ1v) is 8.60. The van der Waals surface area contributed by atoms with Gasteiger partial charge in [-0.05, 0) is 62.9 Å². The molecule has 0 aliphatic heterocycles. The highest BCUT2D eigenvalue weighted by Crippen LogP contribution is 2.37. The Balaban J connectivity index is 1.70. The van der Waals surface area contributed by atoms with Crippen molar-refractivity contribution in [3.05, 3.63) is 64.8 Å². The number of carbonyl (C=O) groups is 1. The number of hydrogen-bond donors (Lipinski definition) is 2. The molecule has 2 N–H and O–H groups in total. The van der Waals surface area contributed by atoms with Crippen molar-refractivity contribution in [1.29, 1.82) is 0 Å². The van der Waals surface area contributed by atoms with Gasteiger partial charge in [0.05, 0.1) is 6.04 Å². The SMILES string of the molecule is CC(=O)c1cccc(N[C@@H]2CCCc3c2[nH]c2ccc(C)cc32)c1. The van der Waals surface area contributed by atoms with Crippen LogP contribution >= 0.6 is 0 Å². The third-order valence-corrected chi connectivity index (χ3v) is 4.97. The lowest BCUT2D eigenvalue weighted by Gasteiger charge is -2.25. The van der Waals surface area contributed by atoms with Gasteiger partial charge >= 0.3 is 0 Å². The van der Waals surface area contributed by atoms with Crippen LogP contribution in [0.1, 0.15) is 53.0 Å². The molecule has 0 saturated carbocycles. The van der Waals surface area contributed by atoms with E-state index in [9.17, 15) is 4.79 Å². The molecule has 0 unspecified atom stereocenters. The number of aromatic amines is 1. The molecule has 0 saturated heterocycles. The molecule has 3 aromatic rings. The number of aryl methyl sites for hydroxylation is 2. The van der Waals surface area contributed by atoms with Crippen molar-refractivity contribution in [1.82, 2.24) is 4.98 Å². The number of hydrogen-bond acceptors (Lipinski definition) is 2. The van der Waals surface area contributed by atoms with Gasteiger partial charge < -0.3 is 10.3 Å². The molecule has 1 aliphatic rings. The molecule has 1 atom stereocenters. The van der Waals surface area contributed by atoms with E-state index in [1.165, 1.54) is 34.1 Å². The van der Waals surface area contributed by atoms with Gasteiger partial charge in [0.15, 0.2) is 5.78 Å². The first-order chi connectivity index (χ1) is 11.6. The molecule has 3 nitrogen and oxygen atoms in total. The molecule has 3 heteroatoms. The third kappa shape index (κ3) is 2.60. The van der Waals surface area contributed by atoms with Crippen molar-refractivity contribution in [3.8, 4) is 0 Å². The van der Waals surface area contributed by atoms with Gasteiger partial charge in [-0.25, -0.2) is 0 Å². The van der Waals surface area contributed by atoms with Gasteiger partial charge in [-0.15, -0.1) is 0 Å². The van der Waals surface area contributed by atoms with E-state index in [1.807, 2.05) is 24.3 Å². The van der Waals surface area contributed by atoms with Crippen LogP contribution in [0.15, 0.2) is 42.5 Å². The number of Topliss-reactive ketones (excluding diaryl/α,β-unsaturated/α-hetero) is 1. The fraction of sp³-hybridized carbons (Fsp3) is 0.286. The molecule has 0 bridgehead atoms. The second kappa shape index (κ2) is 5.82. The molecule has 2 aromatic carbocycles. The van der Waals surface area contributed by atoms with Crippen molar-refractivity contribution in [3.63, 3.8) is 0 Å². The Kier molecular flexibility index (Phi) is 3.64. The Morgan fingerprint density at radius 2 is 2.08 bits per heavy atom. The van der Waals surface area contributed by atoms with Gasteiger partial charge in [0.2, 0.25) is 0 Å². The number of benzene rings is 2. The van der Waals surface area contributed by atoms with Crippen LogP contribution in [0.4, 0.5) is 5.69 Å². The van der Waals surface area contributed by atoms with Crippen molar-refractivity contribution in [2.75, 3.05) is 5.32 Å². The van der Waals surface area contributed by atoms with E-state index >= 15 is 0 Å². The summed E-state index contributed by atoms with van der Waals surface area (Å²) in [6.07, 6.45) is 3.41. The predicted molar refractivity (Wildman–Crippen MR) is 98.8 cm³/mol. The highest BCUT2D eigenvalue weighted by Gasteiger charge is 2.24. The predicted octanol–water partition coefficient (Wildman–Crippen LogP) is 5.17. The van der Waals surface area contributed by atoms with Crippen molar-refractivity contribution < 1.29 is 4.79 Å². The summed E-state index contributed by atoms with van der Waals surface area (Å²) in [6, 6.07) is 14.7. The minimum atomic E-state index is 0.101. The number of nitrogens with one attached hydrogen (secondary N) is 2. The summed E-state index contributed by atoms with van der Waals surface area (Å²) in [6.45, 7) is 3.75. The molecule has 122 valence electrons. The van der Waals surface area contributed by atoms with Crippen molar-refractivity contribution in [2.24, 2.45) is 0 Å². The highest BCUT2D eigenvalue weighted by atomic mass is 16.1. The van der Waals surface area contributed by atoms with E-state index in [2.05, 4.69) is 35.4 Å². The van der Waals surface area contributed by atoms with Gasteiger partial charge in [0.1, 0.15) is 0 Å².